The van der Waals surface area contributed by atoms with E-state index in [1.165, 1.54) is 18.4 Å². The molecule has 38 heavy (non-hydrogen) atoms. The average molecular weight is 546 g/mol. The minimum absolute atomic E-state index is 0.0147. The Labute approximate surface area is 230 Å². The van der Waals surface area contributed by atoms with Crippen LogP contribution in [0, 0.1) is 11.8 Å². The molecule has 0 aromatic carbocycles. The van der Waals surface area contributed by atoms with Gasteiger partial charge in [-0.05, 0) is 101 Å². The summed E-state index contributed by atoms with van der Waals surface area (Å²) < 4.78 is 17.3. The maximum absolute atomic E-state index is 14.2. The Bertz CT molecular complexity index is 1010. The second kappa shape index (κ2) is 12.6. The maximum atomic E-state index is 14.2. The number of rotatable bonds is 7. The van der Waals surface area contributed by atoms with E-state index in [9.17, 15) is 14.7 Å². The molecule has 1 aromatic heterocycles. The van der Waals surface area contributed by atoms with E-state index in [4.69, 9.17) is 14.2 Å². The number of hydrogen-bond donors (Lipinski definition) is 1. The lowest BCUT2D eigenvalue weighted by Gasteiger charge is -2.39. The van der Waals surface area contributed by atoms with E-state index in [1.807, 2.05) is 17.0 Å². The largest absolute Gasteiger partial charge is 0.465 e. The summed E-state index contributed by atoms with van der Waals surface area (Å²) in [5.41, 5.74) is 1.74. The van der Waals surface area contributed by atoms with Gasteiger partial charge in [-0.25, -0.2) is 4.79 Å². The van der Waals surface area contributed by atoms with Crippen LogP contribution in [-0.4, -0.2) is 55.2 Å². The van der Waals surface area contributed by atoms with E-state index >= 15 is 0 Å². The van der Waals surface area contributed by atoms with Gasteiger partial charge in [0.05, 0.1) is 25.0 Å². The first kappa shape index (κ1) is 27.8. The lowest BCUT2D eigenvalue weighted by atomic mass is 9.90. The highest BCUT2D eigenvalue weighted by Gasteiger charge is 2.39. The quantitative estimate of drug-likeness (QED) is 0.418. The summed E-state index contributed by atoms with van der Waals surface area (Å²) in [6.07, 6.45) is 13.5. The summed E-state index contributed by atoms with van der Waals surface area (Å²) in [6, 6.07) is 2.03. The Hall–Kier alpha value is -1.74. The minimum atomic E-state index is -0.466. The number of carbonyl (C=O) groups excluding carboxylic acids is 2. The minimum Gasteiger partial charge on any atom is -0.465 e. The molecule has 3 aliphatic carbocycles. The van der Waals surface area contributed by atoms with E-state index in [2.05, 4.69) is 6.92 Å². The average Bonchev–Trinajstić information content (AvgIpc) is 3.57. The number of thiophene rings is 1. The van der Waals surface area contributed by atoms with Gasteiger partial charge in [-0.1, -0.05) is 13.0 Å². The molecule has 2 saturated carbocycles. The van der Waals surface area contributed by atoms with E-state index in [-0.39, 0.29) is 30.3 Å². The highest BCUT2D eigenvalue weighted by Crippen LogP contribution is 2.43. The zero-order chi connectivity index (χ0) is 26.6. The summed E-state index contributed by atoms with van der Waals surface area (Å²) in [7, 11) is 1.40. The third-order valence-electron chi connectivity index (χ3n) is 8.77. The monoisotopic (exact) mass is 545 g/mol. The normalized spacial score (nSPS) is 32.0. The summed E-state index contributed by atoms with van der Waals surface area (Å²) >= 11 is 1.39. The van der Waals surface area contributed by atoms with Gasteiger partial charge in [0.1, 0.15) is 4.88 Å². The molecule has 4 atom stereocenters. The molecule has 1 saturated heterocycles. The number of esters is 1. The van der Waals surface area contributed by atoms with Gasteiger partial charge in [-0.15, -0.1) is 11.3 Å². The highest BCUT2D eigenvalue weighted by molar-refractivity contribution is 7.15. The van der Waals surface area contributed by atoms with Crippen molar-refractivity contribution >= 4 is 34.5 Å². The van der Waals surface area contributed by atoms with Crippen molar-refractivity contribution in [1.82, 2.24) is 0 Å². The molecule has 2 heterocycles. The van der Waals surface area contributed by atoms with Crippen molar-refractivity contribution in [2.75, 3.05) is 18.6 Å². The number of allylic oxidation sites excluding steroid dienone is 1. The molecule has 0 bridgehead atoms. The van der Waals surface area contributed by atoms with Crippen LogP contribution >= 0.6 is 11.3 Å². The molecule has 4 aliphatic rings. The van der Waals surface area contributed by atoms with Crippen LogP contribution in [0.1, 0.15) is 105 Å². The number of anilines is 1. The number of aliphatic hydroxyl groups excluding tert-OH is 1. The molecule has 1 amide bonds. The molecule has 1 N–H and O–H groups in total. The van der Waals surface area contributed by atoms with Crippen molar-refractivity contribution in [2.45, 2.75) is 115 Å². The van der Waals surface area contributed by atoms with E-state index in [0.29, 0.717) is 16.5 Å². The van der Waals surface area contributed by atoms with Gasteiger partial charge in [0, 0.05) is 23.4 Å². The smallest absolute Gasteiger partial charge is 0.350 e. The molecule has 210 valence electrons. The van der Waals surface area contributed by atoms with Crippen LogP contribution in [-0.2, 0) is 19.0 Å². The van der Waals surface area contributed by atoms with E-state index < -0.39 is 12.1 Å². The Morgan fingerprint density at radius 2 is 1.87 bits per heavy atom. The third-order valence-corrected chi connectivity index (χ3v) is 9.95. The van der Waals surface area contributed by atoms with Crippen LogP contribution in [0.25, 0.3) is 5.57 Å². The number of hydrogen-bond acceptors (Lipinski definition) is 7. The molecule has 7 nitrogen and oxygen atoms in total. The Morgan fingerprint density at radius 3 is 2.53 bits per heavy atom. The number of carbonyl (C=O) groups is 2. The van der Waals surface area contributed by atoms with Crippen LogP contribution in [0.2, 0.25) is 0 Å². The van der Waals surface area contributed by atoms with Gasteiger partial charge >= 0.3 is 5.97 Å². The van der Waals surface area contributed by atoms with Crippen LogP contribution in [0.3, 0.4) is 0 Å². The first-order valence-corrected chi connectivity index (χ1v) is 15.5. The second-order valence-electron chi connectivity index (χ2n) is 11.7. The highest BCUT2D eigenvalue weighted by atomic mass is 32.1. The third kappa shape index (κ3) is 6.35. The van der Waals surface area contributed by atoms with Crippen LogP contribution in [0.4, 0.5) is 5.69 Å². The van der Waals surface area contributed by atoms with Crippen molar-refractivity contribution < 1.29 is 28.9 Å². The molecule has 0 radical (unpaired) electrons. The molecular formula is C30H43NO6S. The predicted octanol–water partition coefficient (Wildman–Crippen LogP) is 6.09. The topological polar surface area (TPSA) is 85.3 Å². The van der Waals surface area contributed by atoms with Gasteiger partial charge in [0.15, 0.2) is 6.29 Å². The molecule has 3 fully saturated rings. The maximum Gasteiger partial charge on any atom is 0.350 e. The Kier molecular flexibility index (Phi) is 9.24. The number of nitrogens with zero attached hydrogens (tertiary/aromatic N) is 1. The molecular weight excluding hydrogens is 502 g/mol. The predicted molar refractivity (Wildman–Crippen MR) is 148 cm³/mol. The standard InChI is InChI=1S/C30H43NO6S/c1-19-9-10-21(16-19)29(33)31(22-11-13-24(14-12-22)37-27-8-3-4-15-36-27)25-18-26(38-28(25)30(34)35-2)20-6-5-7-23(32)17-20/h17-19,21-24,27,32H,3-16H2,1-2H3. The lowest BCUT2D eigenvalue weighted by molar-refractivity contribution is -0.193. The first-order valence-electron chi connectivity index (χ1n) is 14.6. The molecule has 4 unspecified atom stereocenters. The van der Waals surface area contributed by atoms with Crippen molar-refractivity contribution in [3.63, 3.8) is 0 Å². The van der Waals surface area contributed by atoms with Gasteiger partial charge in [0.2, 0.25) is 5.91 Å². The zero-order valence-electron chi connectivity index (χ0n) is 22.9. The van der Waals surface area contributed by atoms with Gasteiger partial charge in [-0.2, -0.15) is 0 Å². The number of aliphatic hydroxyl groups is 1. The van der Waals surface area contributed by atoms with Crippen LogP contribution < -0.4 is 4.90 Å². The summed E-state index contributed by atoms with van der Waals surface area (Å²) in [5.74, 6) is 0.260. The summed E-state index contributed by atoms with van der Waals surface area (Å²) in [4.78, 5) is 30.6. The fraction of sp³-hybridized carbons (Fsp3) is 0.733. The number of ether oxygens (including phenoxy) is 3. The summed E-state index contributed by atoms with van der Waals surface area (Å²) in [6.45, 7) is 2.99. The Morgan fingerprint density at radius 1 is 1.05 bits per heavy atom. The fourth-order valence-electron chi connectivity index (χ4n) is 6.66. The van der Waals surface area contributed by atoms with Crippen molar-refractivity contribution in [1.29, 1.82) is 0 Å². The molecule has 0 spiro atoms. The van der Waals surface area contributed by atoms with Crippen LogP contribution in [0.5, 0.6) is 0 Å². The van der Waals surface area contributed by atoms with E-state index in [1.54, 1.807) is 0 Å². The van der Waals surface area contributed by atoms with Crippen molar-refractivity contribution in [2.24, 2.45) is 11.8 Å². The van der Waals surface area contributed by atoms with Gasteiger partial charge in [0.25, 0.3) is 0 Å². The second-order valence-corrected chi connectivity index (χ2v) is 12.7. The fourth-order valence-corrected chi connectivity index (χ4v) is 7.78. The summed E-state index contributed by atoms with van der Waals surface area (Å²) in [5, 5.41) is 10.2. The number of amides is 1. The van der Waals surface area contributed by atoms with E-state index in [0.717, 1.165) is 101 Å². The van der Waals surface area contributed by atoms with Gasteiger partial charge in [-0.3, -0.25) is 4.79 Å². The van der Waals surface area contributed by atoms with Crippen molar-refractivity contribution in [3.05, 3.63) is 21.9 Å². The SMILES string of the molecule is COC(=O)c1sc(C2=CC(O)CCC2)cc1N(C(=O)C1CCC(C)C1)C1CCC(OC2CCCCO2)CC1. The molecule has 8 heteroatoms. The molecule has 1 aromatic rings. The zero-order valence-corrected chi connectivity index (χ0v) is 23.7. The van der Waals surface area contributed by atoms with Crippen LogP contribution in [0.15, 0.2) is 12.1 Å². The first-order chi connectivity index (χ1) is 18.4. The Balaban J connectivity index is 1.42. The lowest BCUT2D eigenvalue weighted by Crippen LogP contribution is -2.46. The van der Waals surface area contributed by atoms with Crippen molar-refractivity contribution in [3.8, 4) is 0 Å². The molecule has 5 rings (SSSR count). The number of methoxy groups -OCH3 is 1. The van der Waals surface area contributed by atoms with Gasteiger partial charge < -0.3 is 24.2 Å². The molecule has 1 aliphatic heterocycles.